The highest BCUT2D eigenvalue weighted by Crippen LogP contribution is 2.13. The molecule has 0 unspecified atom stereocenters. The molecule has 0 spiro atoms. The number of rotatable bonds is 0. The minimum absolute atomic E-state index is 0.583. The summed E-state index contributed by atoms with van der Waals surface area (Å²) in [6.07, 6.45) is -4.46. The topological polar surface area (TPSA) is 35.2 Å². The van der Waals surface area contributed by atoms with E-state index in [2.05, 4.69) is 4.74 Å². The van der Waals surface area contributed by atoms with Gasteiger partial charge in [-0.1, -0.05) is 18.2 Å². The molecule has 0 aromatic heterocycles. The molecular weight excluding hydrogens is 183 g/mol. The first-order valence-electron chi connectivity index (χ1n) is 3.38. The number of halogens is 3. The van der Waals surface area contributed by atoms with Crippen molar-refractivity contribution in [3.05, 3.63) is 30.3 Å². The Labute approximate surface area is 74.1 Å². The molecule has 0 bridgehead atoms. The van der Waals surface area contributed by atoms with Crippen LogP contribution in [0.25, 0.3) is 0 Å². The summed E-state index contributed by atoms with van der Waals surface area (Å²) in [5.74, 6) is 0. The van der Waals surface area contributed by atoms with Crippen molar-refractivity contribution in [1.82, 2.24) is 0 Å². The van der Waals surface area contributed by atoms with Crippen LogP contribution in [-0.4, -0.2) is 13.5 Å². The summed E-state index contributed by atoms with van der Waals surface area (Å²) in [5, 5.41) is 0. The Bertz CT molecular complexity index is 223. The molecule has 2 nitrogen and oxygen atoms in total. The van der Waals surface area contributed by atoms with Gasteiger partial charge in [0.2, 0.25) is 0 Å². The highest BCUT2D eigenvalue weighted by molar-refractivity contribution is 5.35. The van der Waals surface area contributed by atoms with Gasteiger partial charge in [-0.25, -0.2) is 0 Å². The van der Waals surface area contributed by atoms with E-state index >= 15 is 0 Å². The van der Waals surface area contributed by atoms with Crippen LogP contribution in [0, 0.1) is 0 Å². The number of hydrogen-bond donors (Lipinski definition) is 1. The smallest absolute Gasteiger partial charge is 0.399 e. The maximum absolute atomic E-state index is 10.6. The van der Waals surface area contributed by atoms with Gasteiger partial charge in [-0.15, -0.1) is 13.2 Å². The summed E-state index contributed by atoms with van der Waals surface area (Å²) in [7, 11) is 0.583. The van der Waals surface area contributed by atoms with Gasteiger partial charge in [-0.3, -0.25) is 4.74 Å². The quantitative estimate of drug-likeness (QED) is 0.642. The predicted octanol–water partition coefficient (Wildman–Crippen LogP) is 2.42. The summed E-state index contributed by atoms with van der Waals surface area (Å²) >= 11 is 0. The zero-order valence-electron chi connectivity index (χ0n) is 7.01. The van der Waals surface area contributed by atoms with Crippen molar-refractivity contribution in [2.24, 2.45) is 0 Å². The van der Waals surface area contributed by atoms with Gasteiger partial charge in [-0.2, -0.15) is 0 Å². The van der Waals surface area contributed by atoms with Gasteiger partial charge in [0, 0.05) is 12.8 Å². The molecule has 2 N–H and O–H groups in total. The molecule has 0 aliphatic carbocycles. The summed E-state index contributed by atoms with van der Waals surface area (Å²) in [5.41, 5.74) is 6.18. The SMILES string of the molecule is COC(F)(F)F.Nc1ccccc1. The Hall–Kier alpha value is -1.23. The van der Waals surface area contributed by atoms with Crippen LogP contribution in [0.2, 0.25) is 0 Å². The highest BCUT2D eigenvalue weighted by Gasteiger charge is 2.25. The molecule has 0 amide bonds. The largest absolute Gasteiger partial charge is 0.522 e. The minimum Gasteiger partial charge on any atom is -0.399 e. The summed E-state index contributed by atoms with van der Waals surface area (Å²) < 4.78 is 34.6. The summed E-state index contributed by atoms with van der Waals surface area (Å²) in [6.45, 7) is 0. The molecule has 0 radical (unpaired) electrons. The van der Waals surface area contributed by atoms with E-state index in [0.29, 0.717) is 7.11 Å². The van der Waals surface area contributed by atoms with Crippen molar-refractivity contribution in [2.75, 3.05) is 12.8 Å². The van der Waals surface area contributed by atoms with Crippen LogP contribution in [0.1, 0.15) is 0 Å². The van der Waals surface area contributed by atoms with Crippen molar-refractivity contribution in [2.45, 2.75) is 6.36 Å². The summed E-state index contributed by atoms with van der Waals surface area (Å²) in [6, 6.07) is 9.49. The molecule has 0 fully saturated rings. The Kier molecular flexibility index (Phi) is 4.91. The third-order valence-electron chi connectivity index (χ3n) is 1.03. The molecule has 74 valence electrons. The van der Waals surface area contributed by atoms with E-state index in [4.69, 9.17) is 5.73 Å². The Morgan fingerprint density at radius 3 is 1.69 bits per heavy atom. The average molecular weight is 193 g/mol. The van der Waals surface area contributed by atoms with Gasteiger partial charge in [0.1, 0.15) is 0 Å². The third kappa shape index (κ3) is 8.68. The fraction of sp³-hybridized carbons (Fsp3) is 0.250. The van der Waals surface area contributed by atoms with Crippen molar-refractivity contribution in [3.63, 3.8) is 0 Å². The zero-order chi connectivity index (χ0) is 10.3. The Morgan fingerprint density at radius 2 is 1.54 bits per heavy atom. The first kappa shape index (κ1) is 11.8. The van der Waals surface area contributed by atoms with Crippen LogP contribution < -0.4 is 5.73 Å². The number of nitrogen functional groups attached to an aromatic ring is 1. The van der Waals surface area contributed by atoms with E-state index in [1.807, 2.05) is 30.3 Å². The zero-order valence-corrected chi connectivity index (χ0v) is 7.01. The second-order valence-corrected chi connectivity index (χ2v) is 2.06. The van der Waals surface area contributed by atoms with Crippen LogP contribution in [0.3, 0.4) is 0 Å². The lowest BCUT2D eigenvalue weighted by atomic mass is 10.3. The normalized spacial score (nSPS) is 10.2. The molecule has 5 heteroatoms. The average Bonchev–Trinajstić information content (AvgIpc) is 2.06. The van der Waals surface area contributed by atoms with Gasteiger partial charge in [-0.05, 0) is 12.1 Å². The van der Waals surface area contributed by atoms with Gasteiger partial charge >= 0.3 is 6.36 Å². The fourth-order valence-corrected chi connectivity index (χ4v) is 0.453. The van der Waals surface area contributed by atoms with E-state index in [0.717, 1.165) is 5.69 Å². The van der Waals surface area contributed by atoms with Gasteiger partial charge < -0.3 is 5.73 Å². The first-order valence-corrected chi connectivity index (χ1v) is 3.38. The number of hydrogen-bond acceptors (Lipinski definition) is 2. The standard InChI is InChI=1S/C6H7N.C2H3F3O/c7-6-4-2-1-3-5-6;1-6-2(3,4)5/h1-5H,7H2;1H3. The molecule has 1 rings (SSSR count). The minimum atomic E-state index is -4.46. The fourth-order valence-electron chi connectivity index (χ4n) is 0.453. The lowest BCUT2D eigenvalue weighted by molar-refractivity contribution is -0.311. The van der Waals surface area contributed by atoms with Crippen molar-refractivity contribution in [1.29, 1.82) is 0 Å². The summed E-state index contributed by atoms with van der Waals surface area (Å²) in [4.78, 5) is 0. The van der Waals surface area contributed by atoms with E-state index < -0.39 is 6.36 Å². The number of alkyl halides is 3. The maximum Gasteiger partial charge on any atom is 0.522 e. The van der Waals surface area contributed by atoms with Crippen molar-refractivity contribution >= 4 is 5.69 Å². The van der Waals surface area contributed by atoms with Crippen molar-refractivity contribution < 1.29 is 17.9 Å². The lowest BCUT2D eigenvalue weighted by Gasteiger charge is -1.97. The molecule has 0 saturated heterocycles. The predicted molar refractivity (Wildman–Crippen MR) is 43.9 cm³/mol. The van der Waals surface area contributed by atoms with E-state index in [1.165, 1.54) is 0 Å². The number of benzene rings is 1. The lowest BCUT2D eigenvalue weighted by Crippen LogP contribution is -2.08. The van der Waals surface area contributed by atoms with Crippen LogP contribution >= 0.6 is 0 Å². The van der Waals surface area contributed by atoms with E-state index in [-0.39, 0.29) is 0 Å². The van der Waals surface area contributed by atoms with Crippen LogP contribution in [0.5, 0.6) is 0 Å². The molecule has 0 aliphatic heterocycles. The second kappa shape index (κ2) is 5.42. The number of nitrogens with two attached hydrogens (primary N) is 1. The second-order valence-electron chi connectivity index (χ2n) is 2.06. The number of para-hydroxylation sites is 1. The van der Waals surface area contributed by atoms with E-state index in [9.17, 15) is 13.2 Å². The van der Waals surface area contributed by atoms with Crippen LogP contribution in [0.4, 0.5) is 18.9 Å². The Morgan fingerprint density at radius 1 is 1.15 bits per heavy atom. The molecule has 0 aliphatic rings. The Balaban J connectivity index is 0.000000226. The number of anilines is 1. The van der Waals surface area contributed by atoms with Crippen LogP contribution in [0.15, 0.2) is 30.3 Å². The monoisotopic (exact) mass is 193 g/mol. The highest BCUT2D eigenvalue weighted by atomic mass is 19.4. The van der Waals surface area contributed by atoms with Gasteiger partial charge in [0.05, 0.1) is 0 Å². The van der Waals surface area contributed by atoms with E-state index in [1.54, 1.807) is 0 Å². The molecular formula is C8H10F3NO. The number of methoxy groups -OCH3 is 1. The first-order chi connectivity index (χ1) is 5.95. The molecule has 0 atom stereocenters. The van der Waals surface area contributed by atoms with Gasteiger partial charge in [0.15, 0.2) is 0 Å². The van der Waals surface area contributed by atoms with Gasteiger partial charge in [0.25, 0.3) is 0 Å². The molecule has 0 heterocycles. The van der Waals surface area contributed by atoms with Crippen LogP contribution in [-0.2, 0) is 4.74 Å². The molecule has 1 aromatic carbocycles. The molecule has 1 aromatic rings. The van der Waals surface area contributed by atoms with Crippen molar-refractivity contribution in [3.8, 4) is 0 Å². The maximum atomic E-state index is 10.6. The molecule has 13 heavy (non-hydrogen) atoms. The third-order valence-corrected chi connectivity index (χ3v) is 1.03. The number of ether oxygens (including phenoxy) is 1. The molecule has 0 saturated carbocycles.